The van der Waals surface area contributed by atoms with Crippen molar-refractivity contribution >= 4 is 5.97 Å². The summed E-state index contributed by atoms with van der Waals surface area (Å²) in [5.41, 5.74) is -0.140. The summed E-state index contributed by atoms with van der Waals surface area (Å²) < 4.78 is 18.2. The van der Waals surface area contributed by atoms with E-state index in [-0.39, 0.29) is 11.3 Å². The topological polar surface area (TPSA) is 46.5 Å². The fraction of sp³-hybridized carbons (Fsp3) is 0.300. The molecule has 0 saturated carbocycles. The Morgan fingerprint density at radius 2 is 2.29 bits per heavy atom. The highest BCUT2D eigenvalue weighted by molar-refractivity contribution is 5.90. The molecule has 3 nitrogen and oxygen atoms in total. The van der Waals surface area contributed by atoms with E-state index in [0.29, 0.717) is 13.0 Å². The van der Waals surface area contributed by atoms with Gasteiger partial charge in [-0.2, -0.15) is 0 Å². The number of halogens is 1. The van der Waals surface area contributed by atoms with Gasteiger partial charge in [0.1, 0.15) is 5.56 Å². The normalized spacial score (nSPS) is 9.86. The smallest absolute Gasteiger partial charge is 0.339 e. The number of aromatic carboxylic acids is 1. The summed E-state index contributed by atoms with van der Waals surface area (Å²) in [6, 6.07) is 3.84. The van der Waals surface area contributed by atoms with Crippen LogP contribution in [0.5, 0.6) is 5.75 Å². The van der Waals surface area contributed by atoms with Gasteiger partial charge in [0.25, 0.3) is 0 Å². The molecule has 0 amide bonds. The Hall–Kier alpha value is -1.58. The molecule has 76 valence electrons. The molecule has 0 bridgehead atoms. The number of hydrogen-bond donors (Lipinski definition) is 1. The summed E-state index contributed by atoms with van der Waals surface area (Å²) in [5.74, 6) is -2.00. The van der Waals surface area contributed by atoms with Crippen molar-refractivity contribution in [1.29, 1.82) is 0 Å². The lowest BCUT2D eigenvalue weighted by Gasteiger charge is -2.08. The van der Waals surface area contributed by atoms with Gasteiger partial charge in [-0.05, 0) is 18.6 Å². The van der Waals surface area contributed by atoms with Gasteiger partial charge in [-0.15, -0.1) is 0 Å². The lowest BCUT2D eigenvalue weighted by Crippen LogP contribution is -2.05. The van der Waals surface area contributed by atoms with Gasteiger partial charge in [-0.1, -0.05) is 13.0 Å². The first-order valence-corrected chi connectivity index (χ1v) is 4.31. The second kappa shape index (κ2) is 4.60. The van der Waals surface area contributed by atoms with Gasteiger partial charge in [0.05, 0.1) is 6.61 Å². The van der Waals surface area contributed by atoms with Crippen LogP contribution < -0.4 is 4.74 Å². The highest BCUT2D eigenvalue weighted by Gasteiger charge is 2.14. The van der Waals surface area contributed by atoms with Crippen LogP contribution in [0.2, 0.25) is 0 Å². The lowest BCUT2D eigenvalue weighted by molar-refractivity contribution is 0.0691. The highest BCUT2D eigenvalue weighted by Crippen LogP contribution is 2.22. The summed E-state index contributed by atoms with van der Waals surface area (Å²) in [6.45, 7) is 2.17. The maximum Gasteiger partial charge on any atom is 0.339 e. The molecule has 0 atom stereocenters. The van der Waals surface area contributed by atoms with Crippen molar-refractivity contribution in [1.82, 2.24) is 0 Å². The van der Waals surface area contributed by atoms with E-state index in [1.54, 1.807) is 0 Å². The molecular formula is C10H11FO3. The predicted molar refractivity (Wildman–Crippen MR) is 49.1 cm³/mol. The second-order valence-electron chi connectivity index (χ2n) is 2.77. The molecule has 0 unspecified atom stereocenters. The third-order valence-corrected chi connectivity index (χ3v) is 1.65. The molecule has 1 aromatic carbocycles. The van der Waals surface area contributed by atoms with Crippen molar-refractivity contribution in [2.24, 2.45) is 0 Å². The molecule has 1 aromatic rings. The number of carbonyl (C=O) groups is 1. The van der Waals surface area contributed by atoms with E-state index in [2.05, 4.69) is 0 Å². The van der Waals surface area contributed by atoms with Crippen LogP contribution in [0.3, 0.4) is 0 Å². The van der Waals surface area contributed by atoms with E-state index in [4.69, 9.17) is 9.84 Å². The average Bonchev–Trinajstić information content (AvgIpc) is 2.15. The quantitative estimate of drug-likeness (QED) is 0.807. The minimum Gasteiger partial charge on any atom is -0.490 e. The minimum absolute atomic E-state index is 0.140. The molecule has 0 aliphatic carbocycles. The van der Waals surface area contributed by atoms with E-state index in [0.717, 1.165) is 0 Å². The molecule has 0 aromatic heterocycles. The number of benzene rings is 1. The van der Waals surface area contributed by atoms with Crippen LogP contribution in [0.25, 0.3) is 0 Å². The predicted octanol–water partition coefficient (Wildman–Crippen LogP) is 2.31. The molecule has 0 aliphatic heterocycles. The monoisotopic (exact) mass is 198 g/mol. The standard InChI is InChI=1S/C10H11FO3/c1-2-6-14-9-7(10(12)13)4-3-5-8(9)11/h3-5H,2,6H2,1H3,(H,12,13). The Morgan fingerprint density at radius 1 is 1.57 bits per heavy atom. The van der Waals surface area contributed by atoms with Crippen molar-refractivity contribution in [2.75, 3.05) is 6.61 Å². The fourth-order valence-electron chi connectivity index (χ4n) is 1.03. The number of carboxylic acid groups (broad SMARTS) is 1. The molecular weight excluding hydrogens is 187 g/mol. The number of carboxylic acids is 1. The molecule has 0 spiro atoms. The Bertz CT molecular complexity index is 336. The number of para-hydroxylation sites is 1. The maximum absolute atomic E-state index is 13.1. The van der Waals surface area contributed by atoms with Crippen LogP contribution in [-0.4, -0.2) is 17.7 Å². The molecule has 0 saturated heterocycles. The van der Waals surface area contributed by atoms with Gasteiger partial charge < -0.3 is 9.84 Å². The van der Waals surface area contributed by atoms with E-state index in [1.165, 1.54) is 18.2 Å². The summed E-state index contributed by atoms with van der Waals surface area (Å²) in [5, 5.41) is 8.74. The first-order chi connectivity index (χ1) is 6.66. The molecule has 1 N–H and O–H groups in total. The second-order valence-corrected chi connectivity index (χ2v) is 2.77. The Morgan fingerprint density at radius 3 is 2.86 bits per heavy atom. The van der Waals surface area contributed by atoms with Crippen molar-refractivity contribution < 1.29 is 19.0 Å². The fourth-order valence-corrected chi connectivity index (χ4v) is 1.03. The van der Waals surface area contributed by atoms with E-state index in [9.17, 15) is 9.18 Å². The van der Waals surface area contributed by atoms with Crippen LogP contribution in [0, 0.1) is 5.82 Å². The SMILES string of the molecule is CCCOc1c(F)cccc1C(=O)O. The third kappa shape index (κ3) is 2.22. The van der Waals surface area contributed by atoms with Crippen molar-refractivity contribution in [2.45, 2.75) is 13.3 Å². The zero-order chi connectivity index (χ0) is 10.6. The van der Waals surface area contributed by atoms with Gasteiger partial charge in [0.2, 0.25) is 0 Å². The van der Waals surface area contributed by atoms with Gasteiger partial charge in [0.15, 0.2) is 11.6 Å². The molecule has 4 heteroatoms. The number of ether oxygens (including phenoxy) is 1. The summed E-state index contributed by atoms with van der Waals surface area (Å²) in [7, 11) is 0. The van der Waals surface area contributed by atoms with Crippen LogP contribution in [0.1, 0.15) is 23.7 Å². The van der Waals surface area contributed by atoms with Crippen LogP contribution in [0.15, 0.2) is 18.2 Å². The lowest BCUT2D eigenvalue weighted by atomic mass is 10.2. The highest BCUT2D eigenvalue weighted by atomic mass is 19.1. The number of hydrogen-bond acceptors (Lipinski definition) is 2. The molecule has 0 fully saturated rings. The van der Waals surface area contributed by atoms with Crippen molar-refractivity contribution in [3.63, 3.8) is 0 Å². The van der Waals surface area contributed by atoms with Crippen molar-refractivity contribution in [3.8, 4) is 5.75 Å². The number of rotatable bonds is 4. The summed E-state index contributed by atoms with van der Waals surface area (Å²) in [4.78, 5) is 10.7. The summed E-state index contributed by atoms with van der Waals surface area (Å²) >= 11 is 0. The molecule has 1 rings (SSSR count). The van der Waals surface area contributed by atoms with E-state index in [1.807, 2.05) is 6.92 Å². The molecule has 0 heterocycles. The third-order valence-electron chi connectivity index (χ3n) is 1.65. The van der Waals surface area contributed by atoms with E-state index >= 15 is 0 Å². The minimum atomic E-state index is -1.18. The first kappa shape index (κ1) is 10.5. The largest absolute Gasteiger partial charge is 0.490 e. The van der Waals surface area contributed by atoms with Crippen LogP contribution in [0.4, 0.5) is 4.39 Å². The first-order valence-electron chi connectivity index (χ1n) is 4.31. The van der Waals surface area contributed by atoms with Gasteiger partial charge in [0, 0.05) is 0 Å². The maximum atomic E-state index is 13.1. The summed E-state index contributed by atoms with van der Waals surface area (Å²) in [6.07, 6.45) is 0.702. The van der Waals surface area contributed by atoms with Crippen LogP contribution in [-0.2, 0) is 0 Å². The van der Waals surface area contributed by atoms with Crippen molar-refractivity contribution in [3.05, 3.63) is 29.6 Å². The van der Waals surface area contributed by atoms with Gasteiger partial charge >= 0.3 is 5.97 Å². The van der Waals surface area contributed by atoms with E-state index < -0.39 is 11.8 Å². The Balaban J connectivity index is 3.02. The van der Waals surface area contributed by atoms with Gasteiger partial charge in [-0.3, -0.25) is 0 Å². The van der Waals surface area contributed by atoms with Gasteiger partial charge in [-0.25, -0.2) is 9.18 Å². The zero-order valence-corrected chi connectivity index (χ0v) is 7.79. The molecule has 0 aliphatic rings. The molecule has 0 radical (unpaired) electrons. The average molecular weight is 198 g/mol. The Kier molecular flexibility index (Phi) is 3.45. The molecule has 14 heavy (non-hydrogen) atoms. The van der Waals surface area contributed by atoms with Crippen LogP contribution >= 0.6 is 0 Å². The Labute approximate surface area is 81.1 Å². The zero-order valence-electron chi connectivity index (χ0n) is 7.79.